The van der Waals surface area contributed by atoms with Crippen LogP contribution >= 0.6 is 0 Å². The highest BCUT2D eigenvalue weighted by atomic mass is 16.7. The molecule has 0 bridgehead atoms. The quantitative estimate of drug-likeness (QED) is 0.477. The zero-order valence-electron chi connectivity index (χ0n) is 9.70. The van der Waals surface area contributed by atoms with Crippen molar-refractivity contribution < 1.29 is 19.4 Å². The fourth-order valence-electron chi connectivity index (χ4n) is 1.41. The molecule has 90 valence electrons. The lowest BCUT2D eigenvalue weighted by Crippen LogP contribution is -2.21. The Bertz CT molecular complexity index is 159. The van der Waals surface area contributed by atoms with Crippen molar-refractivity contribution in [2.45, 2.75) is 52.1 Å². The number of hydrogen-bond donors (Lipinski definition) is 1. The lowest BCUT2D eigenvalue weighted by molar-refractivity contribution is -0.00710. The Kier molecular flexibility index (Phi) is 9.27. The molecule has 0 saturated heterocycles. The molecular formula is C11H22O4. The van der Waals surface area contributed by atoms with Crippen molar-refractivity contribution in [2.24, 2.45) is 0 Å². The number of ether oxygens (including phenoxy) is 2. The molecule has 0 aromatic carbocycles. The van der Waals surface area contributed by atoms with Gasteiger partial charge in [-0.15, -0.1) is 0 Å². The van der Waals surface area contributed by atoms with E-state index in [0.29, 0.717) is 6.61 Å². The first-order chi connectivity index (χ1) is 7.20. The molecule has 4 heteroatoms. The van der Waals surface area contributed by atoms with Gasteiger partial charge < -0.3 is 14.6 Å². The maximum Gasteiger partial charge on any atom is 0.505 e. The van der Waals surface area contributed by atoms with Gasteiger partial charge in [0.25, 0.3) is 0 Å². The van der Waals surface area contributed by atoms with Gasteiger partial charge in [0.2, 0.25) is 0 Å². The first kappa shape index (κ1) is 14.2. The summed E-state index contributed by atoms with van der Waals surface area (Å²) in [6.07, 6.45) is 4.23. The summed E-state index contributed by atoms with van der Waals surface area (Å²) in [4.78, 5) is 10.2. The van der Waals surface area contributed by atoms with Gasteiger partial charge in [-0.25, -0.2) is 4.79 Å². The smallest absolute Gasteiger partial charge is 0.450 e. The van der Waals surface area contributed by atoms with E-state index in [2.05, 4.69) is 11.7 Å². The molecule has 0 aliphatic rings. The van der Waals surface area contributed by atoms with E-state index in [0.717, 1.165) is 12.8 Å². The summed E-state index contributed by atoms with van der Waals surface area (Å²) >= 11 is 0. The first-order valence-corrected chi connectivity index (χ1v) is 5.68. The average Bonchev–Trinajstić information content (AvgIpc) is 2.20. The van der Waals surface area contributed by atoms with Crippen molar-refractivity contribution in [2.75, 3.05) is 13.2 Å². The van der Waals surface area contributed by atoms with Gasteiger partial charge in [-0.3, -0.25) is 0 Å². The molecule has 0 radical (unpaired) electrons. The Balaban J connectivity index is 3.57. The maximum atomic E-state index is 10.2. The Morgan fingerprint density at radius 2 is 2.00 bits per heavy atom. The fraction of sp³-hybridized carbons (Fsp3) is 0.909. The van der Waals surface area contributed by atoms with Crippen molar-refractivity contribution in [3.8, 4) is 0 Å². The minimum atomic E-state index is -1.23. The zero-order chi connectivity index (χ0) is 11.5. The molecule has 0 aliphatic heterocycles. The summed E-state index contributed by atoms with van der Waals surface area (Å²) in [5, 5.41) is 8.36. The lowest BCUT2D eigenvalue weighted by Gasteiger charge is -2.15. The van der Waals surface area contributed by atoms with Crippen molar-refractivity contribution in [3.63, 3.8) is 0 Å². The topological polar surface area (TPSA) is 55.8 Å². The minimum absolute atomic E-state index is 0.0806. The van der Waals surface area contributed by atoms with Crippen LogP contribution in [0, 0.1) is 0 Å². The highest BCUT2D eigenvalue weighted by Crippen LogP contribution is 2.08. The normalized spacial score (nSPS) is 12.4. The van der Waals surface area contributed by atoms with Crippen molar-refractivity contribution in [1.82, 2.24) is 0 Å². The fourth-order valence-corrected chi connectivity index (χ4v) is 1.41. The third kappa shape index (κ3) is 9.53. The van der Waals surface area contributed by atoms with E-state index in [1.807, 2.05) is 6.92 Å². The van der Waals surface area contributed by atoms with E-state index >= 15 is 0 Å². The molecule has 0 aliphatic carbocycles. The van der Waals surface area contributed by atoms with E-state index in [9.17, 15) is 4.79 Å². The molecule has 0 rings (SSSR count). The van der Waals surface area contributed by atoms with Crippen LogP contribution in [0.25, 0.3) is 0 Å². The third-order valence-corrected chi connectivity index (χ3v) is 2.17. The molecule has 0 spiro atoms. The Morgan fingerprint density at radius 3 is 2.53 bits per heavy atom. The second kappa shape index (κ2) is 9.77. The highest BCUT2D eigenvalue weighted by Gasteiger charge is 2.10. The summed E-state index contributed by atoms with van der Waals surface area (Å²) in [6, 6.07) is 0. The van der Waals surface area contributed by atoms with Crippen LogP contribution in [0.2, 0.25) is 0 Å². The summed E-state index contributed by atoms with van der Waals surface area (Å²) in [6.45, 7) is 4.81. The van der Waals surface area contributed by atoms with Crippen LogP contribution in [-0.4, -0.2) is 30.6 Å². The minimum Gasteiger partial charge on any atom is -0.450 e. The summed E-state index contributed by atoms with van der Waals surface area (Å²) < 4.78 is 9.89. The highest BCUT2D eigenvalue weighted by molar-refractivity contribution is 5.56. The predicted octanol–water partition coefficient (Wildman–Crippen LogP) is 3.06. The standard InChI is InChI=1S/C11H22O4/c1-3-5-6-7-8-10(14-4-2)9-15-11(12)13/h10H,3-9H2,1-2H3,(H,12,13). The second-order valence-electron chi connectivity index (χ2n) is 3.50. The van der Waals surface area contributed by atoms with Crippen molar-refractivity contribution in [1.29, 1.82) is 0 Å². The van der Waals surface area contributed by atoms with Gasteiger partial charge >= 0.3 is 6.16 Å². The van der Waals surface area contributed by atoms with Crippen molar-refractivity contribution in [3.05, 3.63) is 0 Å². The van der Waals surface area contributed by atoms with Gasteiger partial charge in [0.1, 0.15) is 6.61 Å². The number of hydrogen-bond acceptors (Lipinski definition) is 3. The molecule has 1 N–H and O–H groups in total. The molecule has 0 aromatic rings. The van der Waals surface area contributed by atoms with Crippen molar-refractivity contribution >= 4 is 6.16 Å². The van der Waals surface area contributed by atoms with Crippen LogP contribution in [0.4, 0.5) is 4.79 Å². The van der Waals surface area contributed by atoms with Crippen LogP contribution in [0.5, 0.6) is 0 Å². The lowest BCUT2D eigenvalue weighted by atomic mass is 10.1. The summed E-state index contributed by atoms with van der Waals surface area (Å²) in [5.74, 6) is 0. The van der Waals surface area contributed by atoms with E-state index in [4.69, 9.17) is 9.84 Å². The van der Waals surface area contributed by atoms with Crippen LogP contribution in [-0.2, 0) is 9.47 Å². The van der Waals surface area contributed by atoms with Gasteiger partial charge in [0, 0.05) is 6.61 Å². The molecule has 15 heavy (non-hydrogen) atoms. The van der Waals surface area contributed by atoms with Gasteiger partial charge in [-0.1, -0.05) is 32.6 Å². The SMILES string of the molecule is CCCCCCC(COC(=O)O)OCC. The van der Waals surface area contributed by atoms with Gasteiger partial charge in [0.05, 0.1) is 6.10 Å². The molecule has 1 unspecified atom stereocenters. The molecule has 0 heterocycles. The van der Waals surface area contributed by atoms with Crippen LogP contribution in [0.1, 0.15) is 46.0 Å². The van der Waals surface area contributed by atoms with Gasteiger partial charge in [0.15, 0.2) is 0 Å². The monoisotopic (exact) mass is 218 g/mol. The molecule has 0 saturated carbocycles. The van der Waals surface area contributed by atoms with Gasteiger partial charge in [-0.2, -0.15) is 0 Å². The Hall–Kier alpha value is -0.770. The molecule has 0 amide bonds. The van der Waals surface area contributed by atoms with Crippen LogP contribution in [0.15, 0.2) is 0 Å². The van der Waals surface area contributed by atoms with E-state index < -0.39 is 6.16 Å². The Labute approximate surface area is 91.6 Å². The van der Waals surface area contributed by atoms with E-state index in [-0.39, 0.29) is 12.7 Å². The number of carboxylic acid groups (broad SMARTS) is 1. The summed E-state index contributed by atoms with van der Waals surface area (Å²) in [5.41, 5.74) is 0. The second-order valence-corrected chi connectivity index (χ2v) is 3.50. The van der Waals surface area contributed by atoms with Crippen LogP contribution < -0.4 is 0 Å². The average molecular weight is 218 g/mol. The molecule has 0 fully saturated rings. The number of rotatable bonds is 9. The Morgan fingerprint density at radius 1 is 1.27 bits per heavy atom. The third-order valence-electron chi connectivity index (χ3n) is 2.17. The number of unbranched alkanes of at least 4 members (excludes halogenated alkanes) is 3. The molecule has 1 atom stereocenters. The van der Waals surface area contributed by atoms with Gasteiger partial charge in [-0.05, 0) is 13.3 Å². The maximum absolute atomic E-state index is 10.2. The number of carbonyl (C=O) groups is 1. The molecular weight excluding hydrogens is 196 g/mol. The largest absolute Gasteiger partial charge is 0.505 e. The predicted molar refractivity (Wildman–Crippen MR) is 58.1 cm³/mol. The molecule has 4 nitrogen and oxygen atoms in total. The van der Waals surface area contributed by atoms with Crippen LogP contribution in [0.3, 0.4) is 0 Å². The van der Waals surface area contributed by atoms with E-state index in [1.165, 1.54) is 19.3 Å². The first-order valence-electron chi connectivity index (χ1n) is 5.68. The zero-order valence-corrected chi connectivity index (χ0v) is 9.70. The molecule has 0 aromatic heterocycles. The summed E-state index contributed by atoms with van der Waals surface area (Å²) in [7, 11) is 0. The van der Waals surface area contributed by atoms with E-state index in [1.54, 1.807) is 0 Å².